The maximum Gasteiger partial charge on any atom is 0.481 e. The minimum Gasteiger partial charge on any atom is -0.392 e. The second-order valence-electron chi connectivity index (χ2n) is 8.90. The summed E-state index contributed by atoms with van der Waals surface area (Å²) < 4.78 is 30.3. The Morgan fingerprint density at radius 1 is 0.629 bits per heavy atom. The molecule has 202 valence electrons. The lowest BCUT2D eigenvalue weighted by molar-refractivity contribution is 0.191. The standard InChI is InChI=1S/C25H44O8P2/c1-21(11-7-13-23(3)15-9-17-25(5)20-26)10-6-12-22(2)14-8-16-24(4)18-19-32-35(30,31)33-34(27,28)29/h10,13-14,17-18,26H,6-9,11-12,15-16,19-20H2,1-5H3,(H,30,31)(H2,27,28,29)/b21-10+,22-14+,23-13+,24-18+,25-17+. The minimum atomic E-state index is -5.09. The van der Waals surface area contributed by atoms with Gasteiger partial charge in [0.15, 0.2) is 0 Å². The first-order chi connectivity index (χ1) is 16.2. The number of rotatable bonds is 18. The quantitative estimate of drug-likeness (QED) is 0.108. The van der Waals surface area contributed by atoms with E-state index < -0.39 is 15.6 Å². The average molecular weight is 535 g/mol. The molecule has 1 unspecified atom stereocenters. The van der Waals surface area contributed by atoms with Crippen LogP contribution in [0, 0.1) is 0 Å². The van der Waals surface area contributed by atoms with Crippen molar-refractivity contribution in [2.45, 2.75) is 86.0 Å². The van der Waals surface area contributed by atoms with Crippen LogP contribution in [0.5, 0.6) is 0 Å². The topological polar surface area (TPSA) is 134 Å². The highest BCUT2D eigenvalue weighted by atomic mass is 31.3. The zero-order valence-electron chi connectivity index (χ0n) is 21.8. The van der Waals surface area contributed by atoms with E-state index in [0.717, 1.165) is 62.5 Å². The molecule has 1 atom stereocenters. The van der Waals surface area contributed by atoms with Gasteiger partial charge in [-0.1, -0.05) is 58.2 Å². The van der Waals surface area contributed by atoms with E-state index in [2.05, 4.69) is 53.9 Å². The molecule has 0 amide bonds. The fraction of sp³-hybridized carbons (Fsp3) is 0.600. The van der Waals surface area contributed by atoms with E-state index >= 15 is 0 Å². The molecule has 10 heteroatoms. The SMILES string of the molecule is C/C(=C\CC/C(C)=C/CC/C(C)=C/CC/C(C)=C/CC/C(C)=C/COP(=O)(O)OP(=O)(O)O)CO. The lowest BCUT2D eigenvalue weighted by Gasteiger charge is -2.11. The number of aliphatic hydroxyl groups is 1. The van der Waals surface area contributed by atoms with Crippen molar-refractivity contribution in [2.24, 2.45) is 0 Å². The normalized spacial score (nSPS) is 16.5. The average Bonchev–Trinajstić information content (AvgIpc) is 2.71. The summed E-state index contributed by atoms with van der Waals surface area (Å²) in [6, 6.07) is 0. The molecule has 0 bridgehead atoms. The van der Waals surface area contributed by atoms with Gasteiger partial charge >= 0.3 is 15.6 Å². The van der Waals surface area contributed by atoms with Crippen LogP contribution in [0.3, 0.4) is 0 Å². The maximum atomic E-state index is 11.4. The number of phosphoric ester groups is 1. The molecule has 0 aliphatic carbocycles. The molecule has 0 aliphatic heterocycles. The third-order valence-electron chi connectivity index (χ3n) is 5.25. The molecule has 35 heavy (non-hydrogen) atoms. The van der Waals surface area contributed by atoms with E-state index in [4.69, 9.17) is 14.9 Å². The highest BCUT2D eigenvalue weighted by Crippen LogP contribution is 2.57. The lowest BCUT2D eigenvalue weighted by atomic mass is 10.0. The van der Waals surface area contributed by atoms with Gasteiger partial charge in [-0.25, -0.2) is 9.13 Å². The molecule has 0 spiro atoms. The van der Waals surface area contributed by atoms with Gasteiger partial charge < -0.3 is 19.8 Å². The van der Waals surface area contributed by atoms with Crippen molar-refractivity contribution in [3.05, 3.63) is 58.2 Å². The molecule has 8 nitrogen and oxygen atoms in total. The summed E-state index contributed by atoms with van der Waals surface area (Å²) in [4.78, 5) is 26.4. The van der Waals surface area contributed by atoms with Crippen molar-refractivity contribution in [3.8, 4) is 0 Å². The van der Waals surface area contributed by atoms with Crippen LogP contribution < -0.4 is 0 Å². The fourth-order valence-electron chi connectivity index (χ4n) is 3.09. The molecule has 0 heterocycles. The monoisotopic (exact) mass is 534 g/mol. The summed E-state index contributed by atoms with van der Waals surface area (Å²) in [5, 5.41) is 9.01. The molecule has 0 aliphatic rings. The molecule has 4 N–H and O–H groups in total. The zero-order valence-corrected chi connectivity index (χ0v) is 23.6. The smallest absolute Gasteiger partial charge is 0.392 e. The summed E-state index contributed by atoms with van der Waals surface area (Å²) in [6.45, 7) is 10.1. The molecule has 0 aromatic rings. The summed E-state index contributed by atoms with van der Waals surface area (Å²) in [7, 11) is -9.89. The Balaban J connectivity index is 4.23. The fourth-order valence-corrected chi connectivity index (χ4v) is 4.62. The van der Waals surface area contributed by atoms with Crippen molar-refractivity contribution in [1.82, 2.24) is 0 Å². The van der Waals surface area contributed by atoms with Gasteiger partial charge in [0.1, 0.15) is 0 Å². The number of aliphatic hydroxyl groups excluding tert-OH is 1. The first-order valence-corrected chi connectivity index (χ1v) is 14.9. The third-order valence-corrected chi connectivity index (χ3v) is 7.41. The van der Waals surface area contributed by atoms with Crippen molar-refractivity contribution in [2.75, 3.05) is 13.2 Å². The van der Waals surface area contributed by atoms with Gasteiger partial charge in [0, 0.05) is 0 Å². The molecular formula is C25H44O8P2. The van der Waals surface area contributed by atoms with Crippen LogP contribution in [0.2, 0.25) is 0 Å². The van der Waals surface area contributed by atoms with Gasteiger partial charge in [-0.2, -0.15) is 4.31 Å². The van der Waals surface area contributed by atoms with Crippen LogP contribution in [0.4, 0.5) is 0 Å². The summed E-state index contributed by atoms with van der Waals surface area (Å²) in [6.07, 6.45) is 18.1. The van der Waals surface area contributed by atoms with Gasteiger partial charge in [-0.05, 0) is 86.0 Å². The Kier molecular flexibility index (Phi) is 17.6. The van der Waals surface area contributed by atoms with Crippen LogP contribution in [0.25, 0.3) is 0 Å². The van der Waals surface area contributed by atoms with Gasteiger partial charge in [0.25, 0.3) is 0 Å². The summed E-state index contributed by atoms with van der Waals surface area (Å²) in [5.74, 6) is 0. The summed E-state index contributed by atoms with van der Waals surface area (Å²) >= 11 is 0. The molecule has 0 saturated heterocycles. The van der Waals surface area contributed by atoms with Crippen LogP contribution in [-0.4, -0.2) is 33.0 Å². The molecule has 0 radical (unpaired) electrons. The summed E-state index contributed by atoms with van der Waals surface area (Å²) in [5.41, 5.74) is 6.03. The minimum absolute atomic E-state index is 0.131. The molecule has 0 saturated carbocycles. The Hall–Kier alpha value is -1.08. The first kappa shape index (κ1) is 33.9. The molecule has 0 fully saturated rings. The van der Waals surface area contributed by atoms with Gasteiger partial charge in [0.05, 0.1) is 13.2 Å². The van der Waals surface area contributed by atoms with Crippen LogP contribution in [0.15, 0.2) is 58.2 Å². The number of hydrogen-bond donors (Lipinski definition) is 4. The maximum absolute atomic E-state index is 11.4. The largest absolute Gasteiger partial charge is 0.481 e. The number of allylic oxidation sites excluding steroid dienone is 8. The van der Waals surface area contributed by atoms with Gasteiger partial charge in [-0.3, -0.25) is 4.52 Å². The van der Waals surface area contributed by atoms with Crippen molar-refractivity contribution >= 4 is 15.6 Å². The number of phosphoric acid groups is 2. The Morgan fingerprint density at radius 3 is 1.31 bits per heavy atom. The van der Waals surface area contributed by atoms with Gasteiger partial charge in [-0.15, -0.1) is 0 Å². The predicted molar refractivity (Wildman–Crippen MR) is 142 cm³/mol. The predicted octanol–water partition coefficient (Wildman–Crippen LogP) is 7.06. The first-order valence-electron chi connectivity index (χ1n) is 11.9. The Labute approximate surface area is 211 Å². The lowest BCUT2D eigenvalue weighted by Crippen LogP contribution is -1.94. The van der Waals surface area contributed by atoms with Gasteiger partial charge in [0.2, 0.25) is 0 Å². The van der Waals surface area contributed by atoms with Crippen molar-refractivity contribution in [3.63, 3.8) is 0 Å². The highest BCUT2D eigenvalue weighted by molar-refractivity contribution is 7.60. The van der Waals surface area contributed by atoms with Crippen LogP contribution in [0.1, 0.15) is 86.0 Å². The second kappa shape index (κ2) is 18.2. The van der Waals surface area contributed by atoms with Crippen LogP contribution >= 0.6 is 15.6 Å². The molecule has 0 rings (SSSR count). The van der Waals surface area contributed by atoms with Crippen molar-refractivity contribution < 1.29 is 37.8 Å². The van der Waals surface area contributed by atoms with E-state index in [1.54, 1.807) is 6.08 Å². The third kappa shape index (κ3) is 21.9. The molecule has 0 aromatic carbocycles. The van der Waals surface area contributed by atoms with E-state index in [-0.39, 0.29) is 13.2 Å². The van der Waals surface area contributed by atoms with Crippen LogP contribution in [-0.2, 0) is 18.0 Å². The van der Waals surface area contributed by atoms with Crippen molar-refractivity contribution in [1.29, 1.82) is 0 Å². The van der Waals surface area contributed by atoms with E-state index in [1.807, 2.05) is 13.8 Å². The Bertz CT molecular complexity index is 878. The zero-order chi connectivity index (χ0) is 26.9. The number of hydrogen-bond acceptors (Lipinski definition) is 5. The second-order valence-corrected chi connectivity index (χ2v) is 11.7. The molecular weight excluding hydrogens is 490 g/mol. The Morgan fingerprint density at radius 2 is 0.971 bits per heavy atom. The van der Waals surface area contributed by atoms with E-state index in [1.165, 1.54) is 16.7 Å². The highest BCUT2D eigenvalue weighted by Gasteiger charge is 2.31. The molecule has 0 aromatic heterocycles. The van der Waals surface area contributed by atoms with E-state index in [9.17, 15) is 14.0 Å². The van der Waals surface area contributed by atoms with E-state index in [0.29, 0.717) is 0 Å².